The minimum absolute atomic E-state index is 0.0302. The van der Waals surface area contributed by atoms with E-state index in [9.17, 15) is 24.3 Å². The van der Waals surface area contributed by atoms with E-state index in [4.69, 9.17) is 22.1 Å². The average Bonchev–Trinajstić information content (AvgIpc) is 2.78. The summed E-state index contributed by atoms with van der Waals surface area (Å²) in [7, 11) is 0. The third kappa shape index (κ3) is 8.38. The molecule has 0 aromatic heterocycles. The number of nitrogens with two attached hydrogens (primary N) is 1. The molecule has 2 atom stereocenters. The first-order chi connectivity index (χ1) is 17.2. The molecule has 2 aromatic rings. The van der Waals surface area contributed by atoms with Gasteiger partial charge in [-0.2, -0.15) is 0 Å². The first kappa shape index (κ1) is 29.4. The predicted molar refractivity (Wildman–Crippen MR) is 140 cm³/mol. The Hall–Kier alpha value is -3.79. The lowest BCUT2D eigenvalue weighted by molar-refractivity contribution is -0.141. The quantitative estimate of drug-likeness (QED) is 0.387. The van der Waals surface area contributed by atoms with E-state index in [2.05, 4.69) is 10.6 Å². The number of nitrogens with zero attached hydrogens (tertiary/aromatic N) is 1. The highest BCUT2D eigenvalue weighted by Gasteiger charge is 2.36. The number of phenols is 1. The summed E-state index contributed by atoms with van der Waals surface area (Å²) in [4.78, 5) is 52.7. The molecule has 2 unspecified atom stereocenters. The second-order valence-corrected chi connectivity index (χ2v) is 9.82. The van der Waals surface area contributed by atoms with Gasteiger partial charge in [-0.05, 0) is 63.9 Å². The molecule has 2 aromatic carbocycles. The van der Waals surface area contributed by atoms with Crippen molar-refractivity contribution in [2.75, 3.05) is 11.9 Å². The summed E-state index contributed by atoms with van der Waals surface area (Å²) in [6, 6.07) is 8.31. The second-order valence-electron chi connectivity index (χ2n) is 9.41. The summed E-state index contributed by atoms with van der Waals surface area (Å²) in [6.45, 7) is 8.40. The topological polar surface area (TPSA) is 151 Å². The van der Waals surface area contributed by atoms with Crippen LogP contribution in [0.1, 0.15) is 51.3 Å². The summed E-state index contributed by atoms with van der Waals surface area (Å²) in [5, 5.41) is 15.2. The van der Waals surface area contributed by atoms with Crippen LogP contribution in [0.25, 0.3) is 0 Å². The van der Waals surface area contributed by atoms with Crippen LogP contribution in [-0.2, 0) is 19.1 Å². The number of phenolic OH excluding ortho intramolecular Hbond substituents is 1. The molecule has 10 nitrogen and oxygen atoms in total. The van der Waals surface area contributed by atoms with Crippen molar-refractivity contribution in [1.29, 1.82) is 0 Å². The number of primary amides is 1. The van der Waals surface area contributed by atoms with Crippen LogP contribution in [0.4, 0.5) is 10.5 Å². The fourth-order valence-corrected chi connectivity index (χ4v) is 3.90. The Bertz CT molecular complexity index is 1130. The molecule has 0 aliphatic carbocycles. The van der Waals surface area contributed by atoms with Crippen molar-refractivity contribution < 1.29 is 29.0 Å². The lowest BCUT2D eigenvalue weighted by Gasteiger charge is -2.33. The Morgan fingerprint density at radius 2 is 1.73 bits per heavy atom. The van der Waals surface area contributed by atoms with E-state index in [0.717, 1.165) is 0 Å². The monoisotopic (exact) mass is 532 g/mol. The van der Waals surface area contributed by atoms with Crippen LogP contribution in [-0.4, -0.2) is 52.0 Å². The van der Waals surface area contributed by atoms with E-state index >= 15 is 0 Å². The van der Waals surface area contributed by atoms with E-state index < -0.39 is 47.9 Å². The lowest BCUT2D eigenvalue weighted by atomic mass is 10.0. The standard InChI is InChI=1S/C26H33ClN4O6/c1-6-31(24(35)19(14-20(28)33)29-25(36)37-26(3,4)5)22(16-10-12-17(32)13-11-16)23(34)30-21-15(2)8-7-9-18(21)27/h7-13,19,22,32H,6,14H2,1-5H3,(H2,28,33)(H,29,36)(H,30,34). The molecule has 5 N–H and O–H groups in total. The number of hydrogen-bond acceptors (Lipinski definition) is 6. The molecule has 0 radical (unpaired) electrons. The molecule has 11 heteroatoms. The highest BCUT2D eigenvalue weighted by molar-refractivity contribution is 6.34. The molecule has 0 aliphatic heterocycles. The number of ether oxygens (including phenoxy) is 1. The Kier molecular flexibility index (Phi) is 9.90. The highest BCUT2D eigenvalue weighted by Crippen LogP contribution is 2.30. The maximum Gasteiger partial charge on any atom is 0.408 e. The van der Waals surface area contributed by atoms with E-state index in [-0.39, 0.29) is 12.3 Å². The molecule has 0 fully saturated rings. The third-order valence-electron chi connectivity index (χ3n) is 5.26. The molecule has 0 aliphatic rings. The summed E-state index contributed by atoms with van der Waals surface area (Å²) < 4.78 is 5.23. The summed E-state index contributed by atoms with van der Waals surface area (Å²) >= 11 is 6.30. The fraction of sp³-hybridized carbons (Fsp3) is 0.385. The van der Waals surface area contributed by atoms with Crippen molar-refractivity contribution in [2.45, 2.75) is 58.7 Å². The Balaban J connectivity index is 2.49. The summed E-state index contributed by atoms with van der Waals surface area (Å²) in [6.07, 6.45) is -1.43. The van der Waals surface area contributed by atoms with Crippen molar-refractivity contribution >= 4 is 41.1 Å². The van der Waals surface area contributed by atoms with Gasteiger partial charge in [-0.25, -0.2) is 4.79 Å². The van der Waals surface area contributed by atoms with Gasteiger partial charge in [0.25, 0.3) is 5.91 Å². The smallest absolute Gasteiger partial charge is 0.408 e. The van der Waals surface area contributed by atoms with Crippen molar-refractivity contribution in [3.63, 3.8) is 0 Å². The van der Waals surface area contributed by atoms with Crippen LogP contribution in [0, 0.1) is 6.92 Å². The van der Waals surface area contributed by atoms with Gasteiger partial charge in [-0.1, -0.05) is 35.9 Å². The molecule has 2 rings (SSSR count). The van der Waals surface area contributed by atoms with Crippen molar-refractivity contribution in [2.24, 2.45) is 5.73 Å². The third-order valence-corrected chi connectivity index (χ3v) is 5.57. The molecule has 4 amide bonds. The van der Waals surface area contributed by atoms with Gasteiger partial charge in [-0.15, -0.1) is 0 Å². The molecular weight excluding hydrogens is 500 g/mol. The van der Waals surface area contributed by atoms with E-state index in [0.29, 0.717) is 21.8 Å². The van der Waals surface area contributed by atoms with Gasteiger partial charge in [-0.3, -0.25) is 14.4 Å². The number of carbonyl (C=O) groups excluding carboxylic acids is 4. The number of likely N-dealkylation sites (N-methyl/N-ethyl adjacent to an activating group) is 1. The number of anilines is 1. The second kappa shape index (κ2) is 12.4. The number of benzene rings is 2. The van der Waals surface area contributed by atoms with Crippen LogP contribution in [0.2, 0.25) is 5.02 Å². The predicted octanol–water partition coefficient (Wildman–Crippen LogP) is 3.65. The average molecular weight is 533 g/mol. The van der Waals surface area contributed by atoms with Crippen molar-refractivity contribution in [3.8, 4) is 5.75 Å². The molecule has 0 saturated heterocycles. The largest absolute Gasteiger partial charge is 0.508 e. The number of rotatable bonds is 9. The molecule has 0 bridgehead atoms. The first-order valence-electron chi connectivity index (χ1n) is 11.7. The number of halogens is 1. The van der Waals surface area contributed by atoms with Gasteiger partial charge in [0.1, 0.15) is 23.4 Å². The number of hydrogen-bond donors (Lipinski definition) is 4. The number of amides is 4. The molecule has 0 heterocycles. The van der Waals surface area contributed by atoms with Crippen LogP contribution in [0.3, 0.4) is 0 Å². The molecule has 0 spiro atoms. The van der Waals surface area contributed by atoms with Crippen LogP contribution < -0.4 is 16.4 Å². The minimum Gasteiger partial charge on any atom is -0.508 e. The highest BCUT2D eigenvalue weighted by atomic mass is 35.5. The Labute approximate surface area is 221 Å². The lowest BCUT2D eigenvalue weighted by Crippen LogP contribution is -2.53. The summed E-state index contributed by atoms with van der Waals surface area (Å²) in [5.74, 6) is -2.18. The van der Waals surface area contributed by atoms with Crippen molar-refractivity contribution in [1.82, 2.24) is 10.2 Å². The SMILES string of the molecule is CCN(C(=O)C(CC(N)=O)NC(=O)OC(C)(C)C)C(C(=O)Nc1c(C)cccc1Cl)c1ccc(O)cc1. The van der Waals surface area contributed by atoms with E-state index in [1.54, 1.807) is 52.8 Å². The van der Waals surface area contributed by atoms with Crippen molar-refractivity contribution in [3.05, 3.63) is 58.6 Å². The van der Waals surface area contributed by atoms with Gasteiger partial charge in [0, 0.05) is 6.54 Å². The van der Waals surface area contributed by atoms with Gasteiger partial charge in [0.2, 0.25) is 11.8 Å². The first-order valence-corrected chi connectivity index (χ1v) is 12.0. The Morgan fingerprint density at radius 1 is 1.11 bits per heavy atom. The Morgan fingerprint density at radius 3 is 2.24 bits per heavy atom. The molecule has 37 heavy (non-hydrogen) atoms. The zero-order valence-corrected chi connectivity index (χ0v) is 22.3. The van der Waals surface area contributed by atoms with E-state index in [1.807, 2.05) is 0 Å². The van der Waals surface area contributed by atoms with Gasteiger partial charge >= 0.3 is 6.09 Å². The number of alkyl carbamates (subject to hydrolysis) is 1. The fourth-order valence-electron chi connectivity index (χ4n) is 3.63. The molecular formula is C26H33ClN4O6. The van der Waals surface area contributed by atoms with Gasteiger partial charge < -0.3 is 31.1 Å². The minimum atomic E-state index is -1.39. The van der Waals surface area contributed by atoms with Gasteiger partial charge in [0.15, 0.2) is 0 Å². The normalized spacial score (nSPS) is 12.7. The number of carbonyl (C=O) groups is 4. The van der Waals surface area contributed by atoms with E-state index in [1.165, 1.54) is 29.2 Å². The zero-order chi connectivity index (χ0) is 27.9. The number of nitrogens with one attached hydrogen (secondary N) is 2. The maximum atomic E-state index is 13.7. The summed E-state index contributed by atoms with van der Waals surface area (Å²) in [5.41, 5.74) is 5.96. The van der Waals surface area contributed by atoms with Crippen LogP contribution in [0.5, 0.6) is 5.75 Å². The molecule has 0 saturated carbocycles. The number of aryl methyl sites for hydroxylation is 1. The molecule has 200 valence electrons. The number of aromatic hydroxyl groups is 1. The maximum absolute atomic E-state index is 13.7. The zero-order valence-electron chi connectivity index (χ0n) is 21.5. The van der Waals surface area contributed by atoms with Crippen LogP contribution in [0.15, 0.2) is 42.5 Å². The van der Waals surface area contributed by atoms with Crippen LogP contribution >= 0.6 is 11.6 Å². The van der Waals surface area contributed by atoms with Gasteiger partial charge in [0.05, 0.1) is 17.1 Å². The number of para-hydroxylation sites is 1.